The number of likely N-dealkylation sites (tertiary alicyclic amines) is 1. The number of rotatable bonds is 4. The molecular weight excluding hydrogens is 550 g/mol. The van der Waals surface area contributed by atoms with Crippen LogP contribution in [0, 0.1) is 0 Å². The molecule has 6 rings (SSSR count). The van der Waals surface area contributed by atoms with Gasteiger partial charge in [-0.2, -0.15) is 0 Å². The number of ether oxygens (including phenoxy) is 1. The second-order valence-corrected chi connectivity index (χ2v) is 13.1. The predicted octanol–water partition coefficient (Wildman–Crippen LogP) is 7.28. The molecule has 0 radical (unpaired) electrons. The predicted molar refractivity (Wildman–Crippen MR) is 177 cm³/mol. The van der Waals surface area contributed by atoms with E-state index in [1.807, 2.05) is 40.9 Å². The summed E-state index contributed by atoms with van der Waals surface area (Å²) in [5.74, 6) is 1.35. The lowest BCUT2D eigenvalue weighted by atomic mass is 9.82. The van der Waals surface area contributed by atoms with Gasteiger partial charge in [-0.25, -0.2) is 0 Å². The maximum Gasteiger partial charge on any atom is 0.221 e. The highest BCUT2D eigenvalue weighted by molar-refractivity contribution is 5.89. The second kappa shape index (κ2) is 14.8. The topological polar surface area (TPSA) is 92.0 Å². The van der Waals surface area contributed by atoms with Crippen molar-refractivity contribution in [3.05, 3.63) is 89.4 Å². The molecule has 1 aliphatic heterocycles. The van der Waals surface area contributed by atoms with Crippen LogP contribution in [-0.2, 0) is 16.8 Å². The van der Waals surface area contributed by atoms with Crippen LogP contribution in [0.3, 0.4) is 0 Å². The van der Waals surface area contributed by atoms with E-state index in [1.54, 1.807) is 6.33 Å². The van der Waals surface area contributed by atoms with Gasteiger partial charge in [0.05, 0.1) is 12.8 Å². The molecule has 2 unspecified atom stereocenters. The van der Waals surface area contributed by atoms with Crippen molar-refractivity contribution in [3.63, 3.8) is 0 Å². The summed E-state index contributed by atoms with van der Waals surface area (Å²) in [4.78, 5) is 13.5. The number of amides is 1. The molecule has 236 valence electrons. The van der Waals surface area contributed by atoms with Crippen LogP contribution < -0.4 is 10.1 Å². The molecule has 4 aromatic rings. The first kappa shape index (κ1) is 33.1. The summed E-state index contributed by atoms with van der Waals surface area (Å²) in [7, 11) is 2.19. The van der Waals surface area contributed by atoms with Crippen molar-refractivity contribution in [2.75, 3.05) is 18.9 Å². The highest BCUT2D eigenvalue weighted by atomic mass is 16.5. The molecule has 1 fully saturated rings. The number of pyridine rings is 1. The number of aliphatic hydroxyl groups is 1. The van der Waals surface area contributed by atoms with Gasteiger partial charge in [0, 0.05) is 24.2 Å². The lowest BCUT2D eigenvalue weighted by molar-refractivity contribution is -0.114. The Labute approximate surface area is 262 Å². The van der Waals surface area contributed by atoms with Crippen LogP contribution in [0.15, 0.2) is 67.1 Å². The Bertz CT molecular complexity index is 1520. The summed E-state index contributed by atoms with van der Waals surface area (Å²) in [6.07, 6.45) is 8.78. The largest absolute Gasteiger partial charge is 0.484 e. The van der Waals surface area contributed by atoms with Crippen molar-refractivity contribution in [1.82, 2.24) is 19.5 Å². The van der Waals surface area contributed by atoms with Gasteiger partial charge in [-0.1, -0.05) is 64.1 Å². The molecule has 2 aromatic heterocycles. The number of hydrogen-bond donors (Lipinski definition) is 2. The molecule has 0 bridgehead atoms. The highest BCUT2D eigenvalue weighted by Gasteiger charge is 2.26. The van der Waals surface area contributed by atoms with Crippen LogP contribution in [0.25, 0.3) is 5.65 Å². The second-order valence-electron chi connectivity index (χ2n) is 13.1. The van der Waals surface area contributed by atoms with Crippen LogP contribution in [0.4, 0.5) is 5.69 Å². The average Bonchev–Trinajstić information content (AvgIpc) is 3.62. The Morgan fingerprint density at radius 1 is 1.05 bits per heavy atom. The van der Waals surface area contributed by atoms with Crippen LogP contribution in [-0.4, -0.2) is 50.1 Å². The Hall–Kier alpha value is -3.75. The van der Waals surface area contributed by atoms with Gasteiger partial charge in [0.15, 0.2) is 5.65 Å². The molecule has 2 aromatic carbocycles. The maximum absolute atomic E-state index is 11.0. The number of carbonyl (C=O) groups is 1. The van der Waals surface area contributed by atoms with Crippen molar-refractivity contribution in [2.45, 2.75) is 97.3 Å². The smallest absolute Gasteiger partial charge is 0.221 e. The van der Waals surface area contributed by atoms with E-state index in [0.717, 1.165) is 41.4 Å². The Morgan fingerprint density at radius 2 is 1.80 bits per heavy atom. The van der Waals surface area contributed by atoms with E-state index in [1.165, 1.54) is 37.4 Å². The van der Waals surface area contributed by atoms with E-state index in [-0.39, 0.29) is 24.0 Å². The molecule has 2 aliphatic rings. The number of hydrogen-bond acceptors (Lipinski definition) is 6. The van der Waals surface area contributed by atoms with Crippen LogP contribution in [0.1, 0.15) is 102 Å². The fourth-order valence-electron chi connectivity index (χ4n) is 5.69. The van der Waals surface area contributed by atoms with Crippen molar-refractivity contribution in [2.24, 2.45) is 0 Å². The minimum Gasteiger partial charge on any atom is -0.484 e. The first-order valence-electron chi connectivity index (χ1n) is 15.7. The van der Waals surface area contributed by atoms with Crippen LogP contribution in [0.5, 0.6) is 5.75 Å². The summed E-state index contributed by atoms with van der Waals surface area (Å²) in [5, 5.41) is 19.8. The van der Waals surface area contributed by atoms with Crippen molar-refractivity contribution >= 4 is 17.2 Å². The van der Waals surface area contributed by atoms with E-state index < -0.39 is 0 Å². The third-order valence-electron chi connectivity index (χ3n) is 8.62. The summed E-state index contributed by atoms with van der Waals surface area (Å²) >= 11 is 0. The summed E-state index contributed by atoms with van der Waals surface area (Å²) in [5.41, 5.74) is 6.17. The standard InChI is InChI=1S/C17H17N3O.C13H19NO2.C6H13N/c1-12-6-8-16(15-5-3-2-4-14(12)15)21-13-7-9-17-19-18-11-20(17)10-13;1-9(16)14-12-7-11(13(2,3)4)6-5-10(12)8-15;1-6-4-3-5-7(6)2/h2-5,7,9-12,16H,6,8H2,1H3;5-7,15H,8H2,1-4H3,(H,14,16);6H,3-5H2,1-2H3/t12-,16?;;/m0../s1. The molecule has 3 atom stereocenters. The Morgan fingerprint density at radius 3 is 2.41 bits per heavy atom. The maximum atomic E-state index is 11.0. The quantitative estimate of drug-likeness (QED) is 0.256. The van der Waals surface area contributed by atoms with Gasteiger partial charge in [0.25, 0.3) is 0 Å². The molecule has 0 spiro atoms. The fraction of sp³-hybridized carbons (Fsp3) is 0.472. The SMILES string of the molecule is CC(=O)Nc1cc(C(C)(C)C)ccc1CO.CC1CCCN1C.C[C@H]1CCC(Oc2ccc3nncn3c2)c2ccccc21. The molecule has 1 amide bonds. The third kappa shape index (κ3) is 8.67. The summed E-state index contributed by atoms with van der Waals surface area (Å²) in [6.45, 7) is 13.6. The highest BCUT2D eigenvalue weighted by Crippen LogP contribution is 2.39. The van der Waals surface area contributed by atoms with E-state index >= 15 is 0 Å². The van der Waals surface area contributed by atoms with Gasteiger partial charge in [0.1, 0.15) is 18.2 Å². The number of nitrogens with one attached hydrogen (secondary N) is 1. The molecule has 44 heavy (non-hydrogen) atoms. The normalized spacial score (nSPS) is 19.7. The van der Waals surface area contributed by atoms with Crippen molar-refractivity contribution < 1.29 is 14.6 Å². The number of fused-ring (bicyclic) bond motifs is 2. The molecule has 0 saturated carbocycles. The van der Waals surface area contributed by atoms with Gasteiger partial charge >= 0.3 is 0 Å². The lowest BCUT2D eigenvalue weighted by Crippen LogP contribution is -2.20. The van der Waals surface area contributed by atoms with Crippen molar-refractivity contribution in [1.29, 1.82) is 0 Å². The van der Waals surface area contributed by atoms with E-state index in [2.05, 4.69) is 86.3 Å². The Kier molecular flexibility index (Phi) is 11.2. The molecule has 1 saturated heterocycles. The van der Waals surface area contributed by atoms with Crippen LogP contribution in [0.2, 0.25) is 0 Å². The fourth-order valence-corrected chi connectivity index (χ4v) is 5.69. The summed E-state index contributed by atoms with van der Waals surface area (Å²) in [6, 6.07) is 19.1. The molecule has 1 aliphatic carbocycles. The monoisotopic (exact) mass is 599 g/mol. The van der Waals surface area contributed by atoms with Crippen LogP contribution >= 0.6 is 0 Å². The number of anilines is 1. The Balaban J connectivity index is 0.000000170. The molecular formula is C36H49N5O3. The summed E-state index contributed by atoms with van der Waals surface area (Å²) < 4.78 is 8.11. The van der Waals surface area contributed by atoms with Gasteiger partial charge in [-0.3, -0.25) is 9.20 Å². The number of nitrogens with zero attached hydrogens (tertiary/aromatic N) is 4. The number of carbonyl (C=O) groups excluding carboxylic acids is 1. The number of benzene rings is 2. The lowest BCUT2D eigenvalue weighted by Gasteiger charge is -2.30. The van der Waals surface area contributed by atoms with Gasteiger partial charge in [0.2, 0.25) is 5.91 Å². The van der Waals surface area contributed by atoms with Gasteiger partial charge in [-0.05, 0) is 92.4 Å². The zero-order valence-electron chi connectivity index (χ0n) is 27.4. The molecule has 8 heteroatoms. The zero-order chi connectivity index (χ0) is 31.9. The average molecular weight is 600 g/mol. The number of aromatic nitrogens is 3. The van der Waals surface area contributed by atoms with Gasteiger partial charge < -0.3 is 20.1 Å². The first-order valence-corrected chi connectivity index (χ1v) is 15.7. The minimum absolute atomic E-state index is 0.0290. The third-order valence-corrected chi connectivity index (χ3v) is 8.62. The zero-order valence-corrected chi connectivity index (χ0v) is 27.4. The van der Waals surface area contributed by atoms with E-state index in [0.29, 0.717) is 11.6 Å². The van der Waals surface area contributed by atoms with E-state index in [4.69, 9.17) is 4.74 Å². The first-order chi connectivity index (χ1) is 21.0. The molecule has 2 N–H and O–H groups in total. The minimum atomic E-state index is -0.124. The van der Waals surface area contributed by atoms with Gasteiger partial charge in [-0.15, -0.1) is 10.2 Å². The molecule has 8 nitrogen and oxygen atoms in total. The molecule has 3 heterocycles. The van der Waals surface area contributed by atoms with E-state index in [9.17, 15) is 9.90 Å². The number of aliphatic hydroxyl groups excluding tert-OH is 1. The van der Waals surface area contributed by atoms with Crippen molar-refractivity contribution in [3.8, 4) is 5.75 Å².